The van der Waals surface area contributed by atoms with Gasteiger partial charge in [-0.1, -0.05) is 22.8 Å². The third-order valence-electron chi connectivity index (χ3n) is 5.24. The molecule has 0 spiro atoms. The Morgan fingerprint density at radius 3 is 2.57 bits per heavy atom. The lowest BCUT2D eigenvalue weighted by Crippen LogP contribution is -2.33. The number of hydrogen-bond acceptors (Lipinski definition) is 11. The SMILES string of the molecule is COc1cccc(-c2nnc(N[S+]([O-])C(C)C(OC)c3ncc(Cl)cn3)n2C(C)c2ccon2)n1. The van der Waals surface area contributed by atoms with E-state index in [1.807, 2.05) is 6.92 Å². The van der Waals surface area contributed by atoms with Crippen LogP contribution in [0, 0.1) is 0 Å². The van der Waals surface area contributed by atoms with E-state index in [2.05, 4.69) is 35.0 Å². The maximum atomic E-state index is 13.3. The Labute approximate surface area is 209 Å². The number of methoxy groups -OCH3 is 2. The largest absolute Gasteiger partial charge is 0.593 e. The summed E-state index contributed by atoms with van der Waals surface area (Å²) in [5.74, 6) is 1.45. The minimum absolute atomic E-state index is 0.247. The zero-order valence-corrected chi connectivity index (χ0v) is 20.9. The van der Waals surface area contributed by atoms with Crippen molar-refractivity contribution in [1.82, 2.24) is 34.9 Å². The first-order valence-corrected chi connectivity index (χ1v) is 12.1. The van der Waals surface area contributed by atoms with Gasteiger partial charge in [-0.25, -0.2) is 15.0 Å². The first kappa shape index (κ1) is 24.9. The fraction of sp³-hybridized carbons (Fsp3) is 0.333. The highest BCUT2D eigenvalue weighted by atomic mass is 35.5. The zero-order chi connectivity index (χ0) is 24.9. The van der Waals surface area contributed by atoms with Crippen LogP contribution in [0.5, 0.6) is 5.88 Å². The normalized spacial score (nSPS) is 14.8. The summed E-state index contributed by atoms with van der Waals surface area (Å²) in [6.45, 7) is 3.64. The number of hydrogen-bond donors (Lipinski definition) is 1. The molecule has 0 amide bonds. The van der Waals surface area contributed by atoms with Gasteiger partial charge < -0.3 is 18.5 Å². The molecule has 4 heterocycles. The molecule has 0 aliphatic rings. The van der Waals surface area contributed by atoms with Crippen molar-refractivity contribution in [2.45, 2.75) is 31.2 Å². The molecular formula is C21H23ClN8O4S. The van der Waals surface area contributed by atoms with Gasteiger partial charge in [0, 0.05) is 31.6 Å². The number of rotatable bonds is 10. The highest BCUT2D eigenvalue weighted by molar-refractivity contribution is 7.93. The van der Waals surface area contributed by atoms with Crippen LogP contribution in [0.2, 0.25) is 5.02 Å². The van der Waals surface area contributed by atoms with Gasteiger partial charge in [0.2, 0.25) is 5.88 Å². The summed E-state index contributed by atoms with van der Waals surface area (Å²) in [7, 11) is 3.03. The minimum atomic E-state index is -1.67. The molecule has 0 aliphatic heterocycles. The predicted molar refractivity (Wildman–Crippen MR) is 128 cm³/mol. The van der Waals surface area contributed by atoms with Crippen molar-refractivity contribution in [2.75, 3.05) is 18.9 Å². The second kappa shape index (κ2) is 11.0. The molecule has 35 heavy (non-hydrogen) atoms. The second-order valence-corrected chi connectivity index (χ2v) is 9.38. The van der Waals surface area contributed by atoms with Gasteiger partial charge in [-0.3, -0.25) is 4.57 Å². The number of pyridine rings is 1. The second-order valence-electron chi connectivity index (χ2n) is 7.40. The third-order valence-corrected chi connectivity index (χ3v) is 6.74. The first-order chi connectivity index (χ1) is 16.9. The average Bonchev–Trinajstić information content (AvgIpc) is 3.56. The minimum Gasteiger partial charge on any atom is -0.593 e. The molecular weight excluding hydrogens is 496 g/mol. The summed E-state index contributed by atoms with van der Waals surface area (Å²) in [5, 5.41) is 12.4. The molecule has 4 aromatic heterocycles. The Balaban J connectivity index is 1.67. The predicted octanol–water partition coefficient (Wildman–Crippen LogP) is 3.24. The molecule has 0 aromatic carbocycles. The number of nitrogens with zero attached hydrogens (tertiary/aromatic N) is 7. The van der Waals surface area contributed by atoms with Crippen LogP contribution >= 0.6 is 11.6 Å². The molecule has 4 aromatic rings. The molecule has 1 N–H and O–H groups in total. The highest BCUT2D eigenvalue weighted by Crippen LogP contribution is 2.30. The van der Waals surface area contributed by atoms with Crippen LogP contribution in [-0.2, 0) is 16.1 Å². The lowest BCUT2D eigenvalue weighted by Gasteiger charge is -2.24. The molecule has 0 saturated carbocycles. The van der Waals surface area contributed by atoms with E-state index >= 15 is 0 Å². The average molecular weight is 519 g/mol. The van der Waals surface area contributed by atoms with Crippen LogP contribution in [0.3, 0.4) is 0 Å². The number of aromatic nitrogens is 7. The van der Waals surface area contributed by atoms with Crippen molar-refractivity contribution >= 4 is 28.9 Å². The van der Waals surface area contributed by atoms with Gasteiger partial charge in [-0.15, -0.1) is 10.2 Å². The molecule has 12 nitrogen and oxygen atoms in total. The Hall–Kier alpha value is -3.26. The lowest BCUT2D eigenvalue weighted by molar-refractivity contribution is 0.0950. The summed E-state index contributed by atoms with van der Waals surface area (Å²) in [4.78, 5) is 12.9. The molecule has 0 saturated heterocycles. The third kappa shape index (κ3) is 5.37. The smallest absolute Gasteiger partial charge is 0.267 e. The molecule has 14 heteroatoms. The van der Waals surface area contributed by atoms with Crippen LogP contribution in [0.4, 0.5) is 5.95 Å². The van der Waals surface area contributed by atoms with Crippen molar-refractivity contribution in [3.05, 3.63) is 59.5 Å². The van der Waals surface area contributed by atoms with E-state index in [0.29, 0.717) is 33.9 Å². The van der Waals surface area contributed by atoms with E-state index < -0.39 is 22.7 Å². The molecule has 4 unspecified atom stereocenters. The monoisotopic (exact) mass is 518 g/mol. The summed E-state index contributed by atoms with van der Waals surface area (Å²) in [5.41, 5.74) is 1.14. The summed E-state index contributed by atoms with van der Waals surface area (Å²) < 4.78 is 33.8. The van der Waals surface area contributed by atoms with E-state index in [1.165, 1.54) is 32.9 Å². The lowest BCUT2D eigenvalue weighted by atomic mass is 10.2. The van der Waals surface area contributed by atoms with E-state index in [1.54, 1.807) is 35.8 Å². The Morgan fingerprint density at radius 2 is 1.91 bits per heavy atom. The summed E-state index contributed by atoms with van der Waals surface area (Å²) >= 11 is 4.21. The molecule has 0 fully saturated rings. The number of ether oxygens (including phenoxy) is 2. The van der Waals surface area contributed by atoms with Crippen LogP contribution in [0.25, 0.3) is 11.5 Å². The van der Waals surface area contributed by atoms with Crippen LogP contribution < -0.4 is 9.46 Å². The van der Waals surface area contributed by atoms with Gasteiger partial charge in [0.15, 0.2) is 23.0 Å². The summed E-state index contributed by atoms with van der Waals surface area (Å²) in [6.07, 6.45) is 3.73. The maximum absolute atomic E-state index is 13.3. The van der Waals surface area contributed by atoms with Crippen molar-refractivity contribution in [1.29, 1.82) is 0 Å². The summed E-state index contributed by atoms with van der Waals surface area (Å²) in [6, 6.07) is 6.66. The van der Waals surface area contributed by atoms with Gasteiger partial charge in [-0.05, 0) is 19.9 Å². The molecule has 4 atom stereocenters. The highest BCUT2D eigenvalue weighted by Gasteiger charge is 2.34. The van der Waals surface area contributed by atoms with Crippen LogP contribution in [0.1, 0.15) is 37.5 Å². The topological polar surface area (TPSA) is 149 Å². The van der Waals surface area contributed by atoms with Crippen molar-refractivity contribution in [2.24, 2.45) is 0 Å². The molecule has 4 rings (SSSR count). The molecule has 0 aliphatic carbocycles. The standard InChI is InChI=1S/C21H23ClN8O4S/c1-12(15-8-9-34-28-15)30-20(16-6-5-7-17(25-16)32-3)26-27-21(30)29-35(31)13(2)18(33-4)19-23-10-14(22)11-24-19/h5-13,18H,1-4H3,(H,27,29). The van der Waals surface area contributed by atoms with Gasteiger partial charge >= 0.3 is 0 Å². The van der Waals surface area contributed by atoms with Crippen molar-refractivity contribution in [3.63, 3.8) is 0 Å². The van der Waals surface area contributed by atoms with Gasteiger partial charge in [0.1, 0.15) is 17.7 Å². The molecule has 0 radical (unpaired) electrons. The Bertz CT molecular complexity index is 1240. The Morgan fingerprint density at radius 1 is 1.14 bits per heavy atom. The quantitative estimate of drug-likeness (QED) is 0.308. The van der Waals surface area contributed by atoms with Crippen molar-refractivity contribution in [3.8, 4) is 17.4 Å². The fourth-order valence-corrected chi connectivity index (χ4v) is 4.46. The van der Waals surface area contributed by atoms with Gasteiger partial charge in [-0.2, -0.15) is 4.72 Å². The number of anilines is 1. The number of halogens is 1. The maximum Gasteiger partial charge on any atom is 0.267 e. The van der Waals surface area contributed by atoms with Gasteiger partial charge in [0.25, 0.3) is 5.95 Å². The van der Waals surface area contributed by atoms with E-state index in [-0.39, 0.29) is 12.0 Å². The van der Waals surface area contributed by atoms with E-state index in [0.717, 1.165) is 0 Å². The molecule has 184 valence electrons. The fourth-order valence-electron chi connectivity index (χ4n) is 3.40. The van der Waals surface area contributed by atoms with E-state index in [9.17, 15) is 4.55 Å². The van der Waals surface area contributed by atoms with Crippen molar-refractivity contribution < 1.29 is 18.5 Å². The van der Waals surface area contributed by atoms with E-state index in [4.69, 9.17) is 25.6 Å². The Kier molecular flexibility index (Phi) is 7.80. The first-order valence-electron chi connectivity index (χ1n) is 10.5. The molecule has 0 bridgehead atoms. The zero-order valence-electron chi connectivity index (χ0n) is 19.3. The number of nitrogens with one attached hydrogen (secondary N) is 1. The van der Waals surface area contributed by atoms with Gasteiger partial charge in [0.05, 0.1) is 29.5 Å². The van der Waals surface area contributed by atoms with Crippen LogP contribution in [0.15, 0.2) is 47.4 Å². The van der Waals surface area contributed by atoms with Crippen LogP contribution in [-0.4, -0.2) is 58.9 Å².